The predicted molar refractivity (Wildman–Crippen MR) is 78.9 cm³/mol. The van der Waals surface area contributed by atoms with Crippen LogP contribution in [0.15, 0.2) is 63.5 Å². The molecule has 0 fully saturated rings. The summed E-state index contributed by atoms with van der Waals surface area (Å²) in [7, 11) is 0. The predicted octanol–water partition coefficient (Wildman–Crippen LogP) is 4.14. The van der Waals surface area contributed by atoms with Gasteiger partial charge in [0.25, 0.3) is 0 Å². The van der Waals surface area contributed by atoms with Gasteiger partial charge in [0.05, 0.1) is 23.6 Å². The molecule has 0 saturated heterocycles. The first-order valence-electron chi connectivity index (χ1n) is 6.10. The van der Waals surface area contributed by atoms with Crippen LogP contribution in [-0.2, 0) is 0 Å². The number of anilines is 2. The van der Waals surface area contributed by atoms with E-state index in [1.165, 1.54) is 9.79 Å². The zero-order chi connectivity index (χ0) is 13.2. The minimum Gasteiger partial charge on any atom is -0.411 e. The van der Waals surface area contributed by atoms with Crippen molar-refractivity contribution in [1.29, 1.82) is 0 Å². The van der Waals surface area contributed by atoms with Crippen molar-refractivity contribution in [1.82, 2.24) is 0 Å². The van der Waals surface area contributed by atoms with E-state index in [9.17, 15) is 0 Å². The Morgan fingerprint density at radius 2 is 1.58 bits per heavy atom. The Hall–Kier alpha value is -1.94. The fourth-order valence-corrected chi connectivity index (χ4v) is 3.31. The summed E-state index contributed by atoms with van der Waals surface area (Å²) >= 11 is 1.78. The quantitative estimate of drug-likeness (QED) is 0.506. The van der Waals surface area contributed by atoms with Crippen LogP contribution < -0.4 is 4.90 Å². The van der Waals surface area contributed by atoms with Crippen molar-refractivity contribution < 1.29 is 5.21 Å². The Morgan fingerprint density at radius 3 is 2.11 bits per heavy atom. The maximum Gasteiger partial charge on any atom is 0.0737 e. The summed E-state index contributed by atoms with van der Waals surface area (Å²) in [5, 5.41) is 12.2. The standard InChI is InChI=1S/C15H14N2OS/c1-11(16-18)10-17-12-6-2-4-8-14(12)19-15-9-5-3-7-13(15)17/h2-9,18H,10H2,1H3/b16-11+. The van der Waals surface area contributed by atoms with Crippen LogP contribution in [0.1, 0.15) is 6.92 Å². The van der Waals surface area contributed by atoms with Gasteiger partial charge < -0.3 is 10.1 Å². The highest BCUT2D eigenvalue weighted by molar-refractivity contribution is 7.99. The van der Waals surface area contributed by atoms with Crippen molar-refractivity contribution in [2.45, 2.75) is 16.7 Å². The number of fused-ring (bicyclic) bond motifs is 2. The van der Waals surface area contributed by atoms with Crippen LogP contribution in [0.3, 0.4) is 0 Å². The zero-order valence-corrected chi connectivity index (χ0v) is 11.4. The van der Waals surface area contributed by atoms with Gasteiger partial charge in [-0.15, -0.1) is 0 Å². The number of para-hydroxylation sites is 2. The van der Waals surface area contributed by atoms with E-state index in [0.717, 1.165) is 11.4 Å². The number of hydrogen-bond acceptors (Lipinski definition) is 4. The second kappa shape index (κ2) is 4.97. The summed E-state index contributed by atoms with van der Waals surface area (Å²) in [6, 6.07) is 16.6. The first-order chi connectivity index (χ1) is 9.29. The van der Waals surface area contributed by atoms with E-state index >= 15 is 0 Å². The third kappa shape index (κ3) is 2.19. The maximum absolute atomic E-state index is 8.92. The van der Waals surface area contributed by atoms with Crippen LogP contribution in [0.25, 0.3) is 0 Å². The molecule has 0 unspecified atom stereocenters. The molecule has 3 nitrogen and oxygen atoms in total. The van der Waals surface area contributed by atoms with E-state index in [-0.39, 0.29) is 0 Å². The van der Waals surface area contributed by atoms with E-state index in [4.69, 9.17) is 5.21 Å². The van der Waals surface area contributed by atoms with Gasteiger partial charge in [0, 0.05) is 9.79 Å². The van der Waals surface area contributed by atoms with Crippen molar-refractivity contribution in [2.75, 3.05) is 11.4 Å². The second-order valence-corrected chi connectivity index (χ2v) is 5.54. The first-order valence-corrected chi connectivity index (χ1v) is 6.92. The minimum absolute atomic E-state index is 0.588. The lowest BCUT2D eigenvalue weighted by Crippen LogP contribution is -2.26. The van der Waals surface area contributed by atoms with Gasteiger partial charge in [-0.2, -0.15) is 0 Å². The molecule has 0 radical (unpaired) electrons. The third-order valence-electron chi connectivity index (χ3n) is 3.09. The van der Waals surface area contributed by atoms with Gasteiger partial charge in [0.2, 0.25) is 0 Å². The van der Waals surface area contributed by atoms with Crippen LogP contribution in [-0.4, -0.2) is 17.5 Å². The number of nitrogens with zero attached hydrogens (tertiary/aromatic N) is 2. The van der Waals surface area contributed by atoms with Gasteiger partial charge in [-0.05, 0) is 31.2 Å². The molecule has 1 heterocycles. The molecule has 0 spiro atoms. The molecular formula is C15H14N2OS. The number of benzene rings is 2. The topological polar surface area (TPSA) is 35.8 Å². The van der Waals surface area contributed by atoms with Gasteiger partial charge in [0.1, 0.15) is 0 Å². The van der Waals surface area contributed by atoms with Crippen LogP contribution in [0, 0.1) is 0 Å². The van der Waals surface area contributed by atoms with E-state index in [0.29, 0.717) is 12.3 Å². The molecule has 0 aromatic heterocycles. The van der Waals surface area contributed by atoms with Crippen LogP contribution >= 0.6 is 11.8 Å². The lowest BCUT2D eigenvalue weighted by atomic mass is 10.2. The number of oxime groups is 1. The van der Waals surface area contributed by atoms with Crippen LogP contribution in [0.2, 0.25) is 0 Å². The Balaban J connectivity index is 2.11. The molecule has 96 valence electrons. The minimum atomic E-state index is 0.588. The largest absolute Gasteiger partial charge is 0.411 e. The first kappa shape index (κ1) is 12.1. The molecule has 1 aliphatic rings. The third-order valence-corrected chi connectivity index (χ3v) is 4.22. The molecule has 0 bridgehead atoms. The average molecular weight is 270 g/mol. The molecule has 2 aromatic rings. The summed E-state index contributed by atoms with van der Waals surface area (Å²) in [6.07, 6.45) is 0. The van der Waals surface area contributed by atoms with E-state index < -0.39 is 0 Å². The Kier molecular flexibility index (Phi) is 3.17. The summed E-state index contributed by atoms with van der Waals surface area (Å²) in [4.78, 5) is 4.65. The van der Waals surface area contributed by atoms with Crippen molar-refractivity contribution in [3.05, 3.63) is 48.5 Å². The molecule has 1 aliphatic heterocycles. The Morgan fingerprint density at radius 1 is 1.05 bits per heavy atom. The summed E-state index contributed by atoms with van der Waals surface area (Å²) in [5.41, 5.74) is 3.01. The molecule has 2 aromatic carbocycles. The van der Waals surface area contributed by atoms with Gasteiger partial charge in [-0.25, -0.2) is 0 Å². The highest BCUT2D eigenvalue weighted by Gasteiger charge is 2.22. The van der Waals surface area contributed by atoms with E-state index in [1.807, 2.05) is 31.2 Å². The molecular weight excluding hydrogens is 256 g/mol. The molecule has 0 amide bonds. The number of rotatable bonds is 2. The fourth-order valence-electron chi connectivity index (χ4n) is 2.21. The molecule has 3 rings (SSSR count). The molecule has 0 saturated carbocycles. The molecule has 0 aliphatic carbocycles. The van der Waals surface area contributed by atoms with Gasteiger partial charge in [0.15, 0.2) is 0 Å². The van der Waals surface area contributed by atoms with Crippen LogP contribution in [0.4, 0.5) is 11.4 Å². The second-order valence-electron chi connectivity index (χ2n) is 4.46. The SMILES string of the molecule is C/C(CN1c2ccccc2Sc2ccccc21)=N\O. The maximum atomic E-state index is 8.92. The van der Waals surface area contributed by atoms with Gasteiger partial charge in [-0.1, -0.05) is 41.2 Å². The van der Waals surface area contributed by atoms with Crippen molar-refractivity contribution in [3.8, 4) is 0 Å². The normalized spacial score (nSPS) is 13.9. The highest BCUT2D eigenvalue weighted by Crippen LogP contribution is 2.47. The van der Waals surface area contributed by atoms with Gasteiger partial charge >= 0.3 is 0 Å². The monoisotopic (exact) mass is 270 g/mol. The van der Waals surface area contributed by atoms with Crippen molar-refractivity contribution in [3.63, 3.8) is 0 Å². The Bertz CT molecular complexity index is 594. The van der Waals surface area contributed by atoms with Crippen molar-refractivity contribution in [2.24, 2.45) is 5.16 Å². The lowest BCUT2D eigenvalue weighted by Gasteiger charge is -2.32. The highest BCUT2D eigenvalue weighted by atomic mass is 32.2. The Labute approximate surface area is 116 Å². The smallest absolute Gasteiger partial charge is 0.0737 e. The lowest BCUT2D eigenvalue weighted by molar-refractivity contribution is 0.318. The van der Waals surface area contributed by atoms with E-state index in [2.05, 4.69) is 34.3 Å². The molecule has 0 atom stereocenters. The molecule has 4 heteroatoms. The molecule has 19 heavy (non-hydrogen) atoms. The summed E-state index contributed by atoms with van der Waals surface area (Å²) in [5.74, 6) is 0. The molecule has 1 N–H and O–H groups in total. The fraction of sp³-hybridized carbons (Fsp3) is 0.133. The summed E-state index contributed by atoms with van der Waals surface area (Å²) in [6.45, 7) is 2.41. The number of hydrogen-bond donors (Lipinski definition) is 1. The van der Waals surface area contributed by atoms with Crippen molar-refractivity contribution >= 4 is 28.8 Å². The van der Waals surface area contributed by atoms with E-state index in [1.54, 1.807) is 11.8 Å². The summed E-state index contributed by atoms with van der Waals surface area (Å²) < 4.78 is 0. The van der Waals surface area contributed by atoms with Crippen LogP contribution in [0.5, 0.6) is 0 Å². The average Bonchev–Trinajstić information content (AvgIpc) is 2.46. The van der Waals surface area contributed by atoms with Gasteiger partial charge in [-0.3, -0.25) is 0 Å². The zero-order valence-electron chi connectivity index (χ0n) is 10.6.